The molecule has 1 heterocycles. The Kier molecular flexibility index (Phi) is 4.06. The second-order valence-electron chi connectivity index (χ2n) is 4.77. The van der Waals surface area contributed by atoms with Gasteiger partial charge in [-0.15, -0.1) is 0 Å². The normalized spacial score (nSPS) is 11.5. The number of amides is 1. The van der Waals surface area contributed by atoms with Crippen molar-refractivity contribution in [1.29, 1.82) is 0 Å². The molecule has 0 saturated carbocycles. The maximum Gasteiger partial charge on any atom is 0.222 e. The summed E-state index contributed by atoms with van der Waals surface area (Å²) >= 11 is 0. The van der Waals surface area contributed by atoms with Crippen LogP contribution in [0.4, 0.5) is 0 Å². The van der Waals surface area contributed by atoms with Crippen LogP contribution in [0.15, 0.2) is 12.4 Å². The molecule has 3 N–H and O–H groups in total. The standard InChI is InChI=1S/C11H20N4O/c1-11(2,12)5-4-10(16)15(3)8-9-13-6-7-14-9/h6-7H,4-5,8,12H2,1-3H3,(H,13,14). The van der Waals surface area contributed by atoms with E-state index in [0.717, 1.165) is 5.82 Å². The van der Waals surface area contributed by atoms with E-state index in [4.69, 9.17) is 5.73 Å². The van der Waals surface area contributed by atoms with Gasteiger partial charge >= 0.3 is 0 Å². The molecule has 90 valence electrons. The molecule has 0 aromatic carbocycles. The Labute approximate surface area is 96.0 Å². The van der Waals surface area contributed by atoms with Crippen molar-refractivity contribution in [2.75, 3.05) is 7.05 Å². The van der Waals surface area contributed by atoms with Crippen molar-refractivity contribution < 1.29 is 4.79 Å². The van der Waals surface area contributed by atoms with E-state index in [1.54, 1.807) is 24.3 Å². The van der Waals surface area contributed by atoms with Gasteiger partial charge in [0.05, 0.1) is 6.54 Å². The van der Waals surface area contributed by atoms with Gasteiger partial charge in [0.2, 0.25) is 5.91 Å². The quantitative estimate of drug-likeness (QED) is 0.779. The van der Waals surface area contributed by atoms with Gasteiger partial charge in [0.15, 0.2) is 0 Å². The van der Waals surface area contributed by atoms with Crippen LogP contribution in [0.5, 0.6) is 0 Å². The molecule has 0 aliphatic rings. The van der Waals surface area contributed by atoms with Crippen molar-refractivity contribution in [2.24, 2.45) is 5.73 Å². The van der Waals surface area contributed by atoms with E-state index in [1.165, 1.54) is 0 Å². The molecule has 1 aromatic heterocycles. The zero-order valence-electron chi connectivity index (χ0n) is 10.2. The lowest BCUT2D eigenvalue weighted by Gasteiger charge is -2.21. The van der Waals surface area contributed by atoms with Crippen LogP contribution in [0.1, 0.15) is 32.5 Å². The fourth-order valence-corrected chi connectivity index (χ4v) is 1.32. The van der Waals surface area contributed by atoms with Gasteiger partial charge in [0, 0.05) is 31.4 Å². The fourth-order valence-electron chi connectivity index (χ4n) is 1.32. The van der Waals surface area contributed by atoms with Crippen LogP contribution in [0.25, 0.3) is 0 Å². The summed E-state index contributed by atoms with van der Waals surface area (Å²) in [5, 5.41) is 0. The number of rotatable bonds is 5. The first kappa shape index (κ1) is 12.7. The molecule has 0 bridgehead atoms. The Morgan fingerprint density at radius 3 is 2.81 bits per heavy atom. The number of carbonyl (C=O) groups excluding carboxylic acids is 1. The summed E-state index contributed by atoms with van der Waals surface area (Å²) in [6.07, 6.45) is 4.59. The minimum Gasteiger partial charge on any atom is -0.347 e. The summed E-state index contributed by atoms with van der Waals surface area (Å²) in [5.74, 6) is 0.887. The Balaban J connectivity index is 2.37. The number of nitrogens with two attached hydrogens (primary N) is 1. The summed E-state index contributed by atoms with van der Waals surface area (Å²) in [5.41, 5.74) is 5.54. The van der Waals surface area contributed by atoms with Crippen LogP contribution >= 0.6 is 0 Å². The third-order valence-corrected chi connectivity index (χ3v) is 2.35. The molecule has 5 heteroatoms. The second-order valence-corrected chi connectivity index (χ2v) is 4.77. The molecule has 0 aliphatic carbocycles. The number of aromatic nitrogens is 2. The molecule has 1 aromatic rings. The van der Waals surface area contributed by atoms with Gasteiger partial charge in [-0.2, -0.15) is 0 Å². The molecule has 0 atom stereocenters. The van der Waals surface area contributed by atoms with E-state index in [0.29, 0.717) is 19.4 Å². The SMILES string of the molecule is CN(Cc1ncc[nH]1)C(=O)CCC(C)(C)N. The van der Waals surface area contributed by atoms with E-state index < -0.39 is 0 Å². The molecule has 0 spiro atoms. The second kappa shape index (κ2) is 5.12. The summed E-state index contributed by atoms with van der Waals surface area (Å²) in [7, 11) is 1.77. The van der Waals surface area contributed by atoms with Crippen molar-refractivity contribution in [3.05, 3.63) is 18.2 Å². The average molecular weight is 224 g/mol. The zero-order chi connectivity index (χ0) is 12.2. The number of carbonyl (C=O) groups is 1. The molecule has 16 heavy (non-hydrogen) atoms. The van der Waals surface area contributed by atoms with Gasteiger partial charge < -0.3 is 15.6 Å². The third-order valence-electron chi connectivity index (χ3n) is 2.35. The van der Waals surface area contributed by atoms with Crippen LogP contribution in [0, 0.1) is 0 Å². The Morgan fingerprint density at radius 2 is 2.31 bits per heavy atom. The first-order valence-corrected chi connectivity index (χ1v) is 5.39. The summed E-state index contributed by atoms with van der Waals surface area (Å²) in [6, 6.07) is 0. The van der Waals surface area contributed by atoms with Crippen molar-refractivity contribution in [3.8, 4) is 0 Å². The monoisotopic (exact) mass is 224 g/mol. The van der Waals surface area contributed by atoms with Crippen LogP contribution in [0.2, 0.25) is 0 Å². The van der Waals surface area contributed by atoms with Crippen LogP contribution < -0.4 is 5.73 Å². The largest absolute Gasteiger partial charge is 0.347 e. The number of hydrogen-bond acceptors (Lipinski definition) is 3. The van der Waals surface area contributed by atoms with Crippen LogP contribution in [-0.4, -0.2) is 33.4 Å². The first-order valence-electron chi connectivity index (χ1n) is 5.39. The van der Waals surface area contributed by atoms with Crippen molar-refractivity contribution in [2.45, 2.75) is 38.8 Å². The highest BCUT2D eigenvalue weighted by atomic mass is 16.2. The smallest absolute Gasteiger partial charge is 0.222 e. The molecule has 0 aliphatic heterocycles. The molecular weight excluding hydrogens is 204 g/mol. The molecular formula is C11H20N4O. The van der Waals surface area contributed by atoms with Gasteiger partial charge in [-0.25, -0.2) is 4.98 Å². The van der Waals surface area contributed by atoms with Gasteiger partial charge in [0.1, 0.15) is 5.82 Å². The van der Waals surface area contributed by atoms with E-state index in [1.807, 2.05) is 13.8 Å². The topological polar surface area (TPSA) is 75.0 Å². The summed E-state index contributed by atoms with van der Waals surface area (Å²) in [4.78, 5) is 20.4. The lowest BCUT2D eigenvalue weighted by Crippen LogP contribution is -2.35. The fraction of sp³-hybridized carbons (Fsp3) is 0.636. The molecule has 1 amide bonds. The van der Waals surface area contributed by atoms with Crippen LogP contribution in [-0.2, 0) is 11.3 Å². The first-order chi connectivity index (χ1) is 7.38. The van der Waals surface area contributed by atoms with Gasteiger partial charge in [-0.05, 0) is 20.3 Å². The Morgan fingerprint density at radius 1 is 1.62 bits per heavy atom. The summed E-state index contributed by atoms with van der Waals surface area (Å²) in [6.45, 7) is 4.36. The molecule has 0 fully saturated rings. The molecule has 5 nitrogen and oxygen atoms in total. The van der Waals surface area contributed by atoms with Gasteiger partial charge in [-0.1, -0.05) is 0 Å². The average Bonchev–Trinajstić information content (AvgIpc) is 2.65. The van der Waals surface area contributed by atoms with E-state index >= 15 is 0 Å². The van der Waals surface area contributed by atoms with Gasteiger partial charge in [-0.3, -0.25) is 4.79 Å². The Bertz CT molecular complexity index is 326. The van der Waals surface area contributed by atoms with Crippen molar-refractivity contribution >= 4 is 5.91 Å². The number of nitrogens with zero attached hydrogens (tertiary/aromatic N) is 2. The highest BCUT2D eigenvalue weighted by molar-refractivity contribution is 5.75. The van der Waals surface area contributed by atoms with Crippen LogP contribution in [0.3, 0.4) is 0 Å². The molecule has 0 radical (unpaired) electrons. The maximum absolute atomic E-state index is 11.7. The highest BCUT2D eigenvalue weighted by Crippen LogP contribution is 2.09. The van der Waals surface area contributed by atoms with Crippen molar-refractivity contribution in [3.63, 3.8) is 0 Å². The number of hydrogen-bond donors (Lipinski definition) is 2. The van der Waals surface area contributed by atoms with Crippen molar-refractivity contribution in [1.82, 2.24) is 14.9 Å². The van der Waals surface area contributed by atoms with E-state index in [2.05, 4.69) is 9.97 Å². The zero-order valence-corrected chi connectivity index (χ0v) is 10.2. The highest BCUT2D eigenvalue weighted by Gasteiger charge is 2.16. The minimum atomic E-state index is -0.290. The third kappa shape index (κ3) is 4.44. The molecule has 0 unspecified atom stereocenters. The van der Waals surface area contributed by atoms with E-state index in [9.17, 15) is 4.79 Å². The number of H-pyrrole nitrogens is 1. The number of imidazole rings is 1. The molecule has 0 saturated heterocycles. The lowest BCUT2D eigenvalue weighted by molar-refractivity contribution is -0.130. The predicted molar refractivity (Wildman–Crippen MR) is 62.6 cm³/mol. The maximum atomic E-state index is 11.7. The minimum absolute atomic E-state index is 0.0925. The summed E-state index contributed by atoms with van der Waals surface area (Å²) < 4.78 is 0. The Hall–Kier alpha value is -1.36. The predicted octanol–water partition coefficient (Wildman–Crippen LogP) is 0.886. The lowest BCUT2D eigenvalue weighted by atomic mass is 10.00. The number of aromatic amines is 1. The number of nitrogens with one attached hydrogen (secondary N) is 1. The molecule has 1 rings (SSSR count). The van der Waals surface area contributed by atoms with E-state index in [-0.39, 0.29) is 11.4 Å². The van der Waals surface area contributed by atoms with Gasteiger partial charge in [0.25, 0.3) is 0 Å².